The van der Waals surface area contributed by atoms with Crippen molar-refractivity contribution in [2.75, 3.05) is 0 Å². The summed E-state index contributed by atoms with van der Waals surface area (Å²) in [5.74, 6) is 2.11. The third-order valence-corrected chi connectivity index (χ3v) is 5.27. The van der Waals surface area contributed by atoms with Crippen molar-refractivity contribution in [3.63, 3.8) is 0 Å². The van der Waals surface area contributed by atoms with E-state index in [1.165, 1.54) is 0 Å². The van der Waals surface area contributed by atoms with Gasteiger partial charge in [0.1, 0.15) is 17.2 Å². The van der Waals surface area contributed by atoms with Crippen LogP contribution in [0.25, 0.3) is 11.3 Å². The Hall–Kier alpha value is -3.80. The van der Waals surface area contributed by atoms with Crippen LogP contribution in [0.3, 0.4) is 0 Å². The SMILES string of the molecule is CCC(=O)N(Cc1ccco1)Cc1c(-c2ccccc2)nn(C)c1Oc1cccc(C)c1. The van der Waals surface area contributed by atoms with Gasteiger partial charge in [-0.15, -0.1) is 0 Å². The summed E-state index contributed by atoms with van der Waals surface area (Å²) < 4.78 is 13.6. The summed E-state index contributed by atoms with van der Waals surface area (Å²) in [6.07, 6.45) is 2.02. The Balaban J connectivity index is 1.77. The lowest BCUT2D eigenvalue weighted by molar-refractivity contribution is -0.132. The molecule has 32 heavy (non-hydrogen) atoms. The lowest BCUT2D eigenvalue weighted by Crippen LogP contribution is -2.29. The third kappa shape index (κ3) is 4.75. The molecule has 1 amide bonds. The van der Waals surface area contributed by atoms with E-state index < -0.39 is 0 Å². The molecule has 2 heterocycles. The van der Waals surface area contributed by atoms with Crippen molar-refractivity contribution in [1.29, 1.82) is 0 Å². The molecule has 2 aromatic carbocycles. The topological polar surface area (TPSA) is 60.5 Å². The number of hydrogen-bond acceptors (Lipinski definition) is 4. The Morgan fingerprint density at radius 3 is 2.56 bits per heavy atom. The van der Waals surface area contributed by atoms with E-state index in [2.05, 4.69) is 0 Å². The molecule has 0 radical (unpaired) electrons. The van der Waals surface area contributed by atoms with Gasteiger partial charge in [0.05, 0.1) is 24.9 Å². The summed E-state index contributed by atoms with van der Waals surface area (Å²) in [4.78, 5) is 14.6. The molecule has 0 N–H and O–H groups in total. The van der Waals surface area contributed by atoms with Crippen LogP contribution in [0.4, 0.5) is 0 Å². The van der Waals surface area contributed by atoms with E-state index >= 15 is 0 Å². The number of rotatable bonds is 8. The molecule has 0 aliphatic carbocycles. The predicted octanol–water partition coefficient (Wildman–Crippen LogP) is 5.72. The number of ether oxygens (including phenoxy) is 1. The molecule has 0 atom stereocenters. The van der Waals surface area contributed by atoms with E-state index in [1.54, 1.807) is 15.8 Å². The van der Waals surface area contributed by atoms with Crippen LogP contribution in [0, 0.1) is 6.92 Å². The van der Waals surface area contributed by atoms with Crippen molar-refractivity contribution >= 4 is 5.91 Å². The highest BCUT2D eigenvalue weighted by Crippen LogP contribution is 2.34. The van der Waals surface area contributed by atoms with Gasteiger partial charge in [-0.05, 0) is 36.8 Å². The van der Waals surface area contributed by atoms with Crippen molar-refractivity contribution < 1.29 is 13.9 Å². The summed E-state index contributed by atoms with van der Waals surface area (Å²) in [5, 5.41) is 4.76. The first kappa shape index (κ1) is 21.4. The van der Waals surface area contributed by atoms with Gasteiger partial charge in [0, 0.05) is 19.0 Å². The van der Waals surface area contributed by atoms with Crippen LogP contribution in [0.1, 0.15) is 30.2 Å². The van der Waals surface area contributed by atoms with Gasteiger partial charge in [-0.3, -0.25) is 4.79 Å². The van der Waals surface area contributed by atoms with Crippen molar-refractivity contribution in [3.8, 4) is 22.9 Å². The number of carbonyl (C=O) groups is 1. The fourth-order valence-corrected chi connectivity index (χ4v) is 3.68. The maximum absolute atomic E-state index is 12.8. The Kier molecular flexibility index (Phi) is 6.40. The minimum Gasteiger partial charge on any atom is -0.467 e. The van der Waals surface area contributed by atoms with Gasteiger partial charge in [-0.2, -0.15) is 5.10 Å². The second-order valence-corrected chi connectivity index (χ2v) is 7.72. The predicted molar refractivity (Wildman–Crippen MR) is 123 cm³/mol. The van der Waals surface area contributed by atoms with Gasteiger partial charge in [0.25, 0.3) is 0 Å². The highest BCUT2D eigenvalue weighted by Gasteiger charge is 2.24. The molecule has 0 fully saturated rings. The summed E-state index contributed by atoms with van der Waals surface area (Å²) in [5.41, 5.74) is 3.73. The van der Waals surface area contributed by atoms with Crippen LogP contribution >= 0.6 is 0 Å². The first-order chi connectivity index (χ1) is 15.5. The molecule has 0 aliphatic rings. The quantitative estimate of drug-likeness (QED) is 0.359. The highest BCUT2D eigenvalue weighted by atomic mass is 16.5. The monoisotopic (exact) mass is 429 g/mol. The van der Waals surface area contributed by atoms with Crippen LogP contribution in [0.5, 0.6) is 11.6 Å². The largest absolute Gasteiger partial charge is 0.467 e. The van der Waals surface area contributed by atoms with Crippen molar-refractivity contribution in [2.24, 2.45) is 7.05 Å². The molecular weight excluding hydrogens is 402 g/mol. The van der Waals surface area contributed by atoms with Crippen molar-refractivity contribution in [1.82, 2.24) is 14.7 Å². The van der Waals surface area contributed by atoms with E-state index in [0.29, 0.717) is 25.4 Å². The number of nitrogens with zero attached hydrogens (tertiary/aromatic N) is 3. The van der Waals surface area contributed by atoms with Crippen molar-refractivity contribution in [2.45, 2.75) is 33.4 Å². The second kappa shape index (κ2) is 9.56. The third-order valence-electron chi connectivity index (χ3n) is 5.27. The first-order valence-corrected chi connectivity index (χ1v) is 10.7. The minimum atomic E-state index is 0.0331. The van der Waals surface area contributed by atoms with Crippen molar-refractivity contribution in [3.05, 3.63) is 89.9 Å². The second-order valence-electron chi connectivity index (χ2n) is 7.72. The van der Waals surface area contributed by atoms with Gasteiger partial charge in [0.15, 0.2) is 0 Å². The molecule has 0 saturated heterocycles. The lowest BCUT2D eigenvalue weighted by atomic mass is 10.1. The van der Waals surface area contributed by atoms with E-state index in [-0.39, 0.29) is 5.91 Å². The number of carbonyl (C=O) groups excluding carboxylic acids is 1. The number of benzene rings is 2. The maximum atomic E-state index is 12.8. The number of furan rings is 1. The number of aryl methyl sites for hydroxylation is 2. The van der Waals surface area contributed by atoms with E-state index in [0.717, 1.165) is 33.9 Å². The van der Waals surface area contributed by atoms with Gasteiger partial charge in [-0.25, -0.2) is 4.68 Å². The summed E-state index contributed by atoms with van der Waals surface area (Å²) in [6.45, 7) is 4.62. The maximum Gasteiger partial charge on any atom is 0.223 e. The van der Waals surface area contributed by atoms with Gasteiger partial charge >= 0.3 is 0 Å². The average Bonchev–Trinajstić information content (AvgIpc) is 3.42. The summed E-state index contributed by atoms with van der Waals surface area (Å²) in [6, 6.07) is 21.6. The molecule has 0 spiro atoms. The minimum absolute atomic E-state index is 0.0331. The fraction of sp³-hybridized carbons (Fsp3) is 0.231. The summed E-state index contributed by atoms with van der Waals surface area (Å²) in [7, 11) is 1.86. The number of aromatic nitrogens is 2. The highest BCUT2D eigenvalue weighted by molar-refractivity contribution is 5.76. The average molecular weight is 430 g/mol. The Morgan fingerprint density at radius 2 is 1.88 bits per heavy atom. The van der Waals surface area contributed by atoms with Gasteiger partial charge in [0.2, 0.25) is 11.8 Å². The molecule has 4 aromatic rings. The summed E-state index contributed by atoms with van der Waals surface area (Å²) >= 11 is 0. The van der Waals surface area contributed by atoms with Gasteiger partial charge in [-0.1, -0.05) is 49.4 Å². The molecule has 0 aliphatic heterocycles. The van der Waals surface area contributed by atoms with Crippen LogP contribution in [-0.2, 0) is 24.9 Å². The van der Waals surface area contributed by atoms with Crippen LogP contribution < -0.4 is 4.74 Å². The molecule has 0 unspecified atom stereocenters. The normalized spacial score (nSPS) is 10.8. The Morgan fingerprint density at radius 1 is 1.06 bits per heavy atom. The molecular formula is C26H27N3O3. The zero-order chi connectivity index (χ0) is 22.5. The fourth-order valence-electron chi connectivity index (χ4n) is 3.68. The lowest BCUT2D eigenvalue weighted by Gasteiger charge is -2.22. The van der Waals surface area contributed by atoms with E-state index in [1.807, 2.05) is 87.6 Å². The Labute approximate surface area is 188 Å². The molecule has 2 aromatic heterocycles. The molecule has 4 rings (SSSR count). The molecule has 0 saturated carbocycles. The zero-order valence-electron chi connectivity index (χ0n) is 18.6. The molecule has 6 heteroatoms. The number of hydrogen-bond donors (Lipinski definition) is 0. The first-order valence-electron chi connectivity index (χ1n) is 10.7. The zero-order valence-corrected chi connectivity index (χ0v) is 18.6. The van der Waals surface area contributed by atoms with Crippen LogP contribution in [-0.4, -0.2) is 20.6 Å². The molecule has 6 nitrogen and oxygen atoms in total. The van der Waals surface area contributed by atoms with Crippen LogP contribution in [0.2, 0.25) is 0 Å². The molecule has 164 valence electrons. The standard InChI is InChI=1S/C26H27N3O3/c1-4-24(30)29(17-22-14-9-15-31-22)18-23-25(20-11-6-5-7-12-20)27-28(3)26(23)32-21-13-8-10-19(2)16-21/h5-16H,4,17-18H2,1-3H3. The number of amides is 1. The van der Waals surface area contributed by atoms with Gasteiger partial charge < -0.3 is 14.1 Å². The van der Waals surface area contributed by atoms with E-state index in [4.69, 9.17) is 14.3 Å². The molecule has 0 bridgehead atoms. The van der Waals surface area contributed by atoms with Crippen LogP contribution in [0.15, 0.2) is 77.4 Å². The Bertz CT molecular complexity index is 1180. The smallest absolute Gasteiger partial charge is 0.223 e. The van der Waals surface area contributed by atoms with E-state index in [9.17, 15) is 4.79 Å².